The summed E-state index contributed by atoms with van der Waals surface area (Å²) in [6, 6.07) is 9.74. The Morgan fingerprint density at radius 3 is 2.61 bits per heavy atom. The van der Waals surface area contributed by atoms with Gasteiger partial charge in [0, 0.05) is 49.8 Å². The van der Waals surface area contributed by atoms with Crippen LogP contribution < -0.4 is 10.4 Å². The van der Waals surface area contributed by atoms with E-state index in [4.69, 9.17) is 4.74 Å². The first kappa shape index (κ1) is 19.8. The third kappa shape index (κ3) is 3.96. The minimum atomic E-state index is -0.0748. The summed E-state index contributed by atoms with van der Waals surface area (Å²) in [5.74, 6) is 0.648. The number of rotatable bonds is 4. The highest BCUT2D eigenvalue weighted by molar-refractivity contribution is 5.97. The van der Waals surface area contributed by atoms with E-state index in [1.807, 2.05) is 46.7 Å². The predicted molar refractivity (Wildman–Crippen MR) is 119 cm³/mol. The van der Waals surface area contributed by atoms with Crippen molar-refractivity contribution in [3.63, 3.8) is 0 Å². The standard InChI is InChI=1S/C24H28N4O3/c1-16-8-11-25-22(14-16)31-19-9-12-27(13-10-19)23(29)17-6-7-21-20(15-17)26-24(30)28(21)18-4-2-3-5-18/h6-8,11,14-15,18-19H,2-5,9-10,12-13H2,1H3,(H,26,30). The summed E-state index contributed by atoms with van der Waals surface area (Å²) in [7, 11) is 0. The molecule has 1 aromatic carbocycles. The van der Waals surface area contributed by atoms with Crippen LogP contribution in [-0.2, 0) is 0 Å². The minimum absolute atomic E-state index is 0.00324. The maximum Gasteiger partial charge on any atom is 0.326 e. The Kier molecular flexibility index (Phi) is 5.26. The average molecular weight is 421 g/mol. The van der Waals surface area contributed by atoms with Crippen LogP contribution in [0, 0.1) is 6.92 Å². The van der Waals surface area contributed by atoms with Crippen molar-refractivity contribution in [3.8, 4) is 5.88 Å². The van der Waals surface area contributed by atoms with E-state index in [9.17, 15) is 9.59 Å². The van der Waals surface area contributed by atoms with Crippen LogP contribution in [-0.4, -0.2) is 44.5 Å². The van der Waals surface area contributed by atoms with Crippen molar-refractivity contribution < 1.29 is 9.53 Å². The molecule has 1 N–H and O–H groups in total. The molecule has 2 aromatic heterocycles. The van der Waals surface area contributed by atoms with Gasteiger partial charge in [-0.3, -0.25) is 9.36 Å². The van der Waals surface area contributed by atoms with Crippen LogP contribution in [0.25, 0.3) is 11.0 Å². The van der Waals surface area contributed by atoms with Crippen molar-refractivity contribution in [2.45, 2.75) is 57.6 Å². The van der Waals surface area contributed by atoms with Gasteiger partial charge in [0.2, 0.25) is 5.88 Å². The molecule has 7 nitrogen and oxygen atoms in total. The quantitative estimate of drug-likeness (QED) is 0.696. The van der Waals surface area contributed by atoms with E-state index in [0.717, 1.165) is 42.3 Å². The maximum atomic E-state index is 13.1. The third-order valence-corrected chi connectivity index (χ3v) is 6.56. The molecule has 1 saturated heterocycles. The highest BCUT2D eigenvalue weighted by atomic mass is 16.5. The number of nitrogens with zero attached hydrogens (tertiary/aromatic N) is 3. The van der Waals surface area contributed by atoms with E-state index in [-0.39, 0.29) is 23.7 Å². The third-order valence-electron chi connectivity index (χ3n) is 6.56. The normalized spacial score (nSPS) is 18.0. The molecule has 162 valence electrons. The molecule has 7 heteroatoms. The van der Waals surface area contributed by atoms with E-state index in [0.29, 0.717) is 24.5 Å². The molecule has 1 saturated carbocycles. The Bertz CT molecular complexity index is 1150. The monoisotopic (exact) mass is 420 g/mol. The number of ether oxygens (including phenoxy) is 1. The molecule has 0 atom stereocenters. The smallest absolute Gasteiger partial charge is 0.326 e. The molecule has 1 aliphatic carbocycles. The second kappa shape index (κ2) is 8.21. The molecule has 0 radical (unpaired) electrons. The Morgan fingerprint density at radius 1 is 1.10 bits per heavy atom. The highest BCUT2D eigenvalue weighted by Crippen LogP contribution is 2.31. The summed E-state index contributed by atoms with van der Waals surface area (Å²) in [5, 5.41) is 0. The number of imidazole rings is 1. The van der Waals surface area contributed by atoms with Crippen LogP contribution in [0.5, 0.6) is 5.88 Å². The van der Waals surface area contributed by atoms with Gasteiger partial charge in [-0.1, -0.05) is 12.8 Å². The number of aromatic nitrogens is 3. The fourth-order valence-corrected chi connectivity index (χ4v) is 4.89. The van der Waals surface area contributed by atoms with Crippen molar-refractivity contribution in [2.75, 3.05) is 13.1 Å². The van der Waals surface area contributed by atoms with Crippen LogP contribution in [0.15, 0.2) is 41.3 Å². The molecule has 0 unspecified atom stereocenters. The molecule has 0 spiro atoms. The zero-order valence-electron chi connectivity index (χ0n) is 17.8. The van der Waals surface area contributed by atoms with Gasteiger partial charge in [-0.15, -0.1) is 0 Å². The summed E-state index contributed by atoms with van der Waals surface area (Å²) in [5.41, 5.74) is 3.30. The summed E-state index contributed by atoms with van der Waals surface area (Å²) in [6.07, 6.45) is 7.80. The number of H-pyrrole nitrogens is 1. The largest absolute Gasteiger partial charge is 0.474 e. The second-order valence-corrected chi connectivity index (χ2v) is 8.75. The number of aromatic amines is 1. The molecule has 2 fully saturated rings. The molecule has 3 aromatic rings. The molecule has 2 aliphatic rings. The summed E-state index contributed by atoms with van der Waals surface area (Å²) >= 11 is 0. The summed E-state index contributed by atoms with van der Waals surface area (Å²) in [4.78, 5) is 34.7. The molecule has 31 heavy (non-hydrogen) atoms. The van der Waals surface area contributed by atoms with E-state index < -0.39 is 0 Å². The summed E-state index contributed by atoms with van der Waals surface area (Å²) in [6.45, 7) is 3.31. The lowest BCUT2D eigenvalue weighted by Gasteiger charge is -2.32. The first-order valence-corrected chi connectivity index (χ1v) is 11.2. The van der Waals surface area contributed by atoms with E-state index >= 15 is 0 Å². The molecular weight excluding hydrogens is 392 g/mol. The maximum absolute atomic E-state index is 13.1. The van der Waals surface area contributed by atoms with Crippen LogP contribution in [0.2, 0.25) is 0 Å². The number of carbonyl (C=O) groups is 1. The number of pyridine rings is 1. The van der Waals surface area contributed by atoms with Crippen LogP contribution in [0.4, 0.5) is 0 Å². The van der Waals surface area contributed by atoms with Gasteiger partial charge in [-0.25, -0.2) is 9.78 Å². The van der Waals surface area contributed by atoms with Crippen LogP contribution >= 0.6 is 0 Å². The van der Waals surface area contributed by atoms with Crippen molar-refractivity contribution in [3.05, 3.63) is 58.1 Å². The summed E-state index contributed by atoms with van der Waals surface area (Å²) < 4.78 is 7.87. The van der Waals surface area contributed by atoms with Crippen molar-refractivity contribution in [2.24, 2.45) is 0 Å². The molecule has 5 rings (SSSR count). The van der Waals surface area contributed by atoms with Crippen LogP contribution in [0.3, 0.4) is 0 Å². The van der Waals surface area contributed by atoms with Crippen molar-refractivity contribution in [1.82, 2.24) is 19.4 Å². The zero-order valence-corrected chi connectivity index (χ0v) is 17.8. The van der Waals surface area contributed by atoms with E-state index in [2.05, 4.69) is 9.97 Å². The number of hydrogen-bond donors (Lipinski definition) is 1. The van der Waals surface area contributed by atoms with Crippen molar-refractivity contribution >= 4 is 16.9 Å². The first-order valence-electron chi connectivity index (χ1n) is 11.2. The fraction of sp³-hybridized carbons (Fsp3) is 0.458. The zero-order chi connectivity index (χ0) is 21.4. The number of likely N-dealkylation sites (tertiary alicyclic amines) is 1. The van der Waals surface area contributed by atoms with Gasteiger partial charge < -0.3 is 14.6 Å². The first-order chi connectivity index (χ1) is 15.1. The molecule has 1 aliphatic heterocycles. The Balaban J connectivity index is 1.27. The lowest BCUT2D eigenvalue weighted by molar-refractivity contribution is 0.0588. The van der Waals surface area contributed by atoms with Gasteiger partial charge in [-0.05, 0) is 49.6 Å². The second-order valence-electron chi connectivity index (χ2n) is 8.75. The highest BCUT2D eigenvalue weighted by Gasteiger charge is 2.26. The average Bonchev–Trinajstić information content (AvgIpc) is 3.40. The van der Waals surface area contributed by atoms with E-state index in [1.165, 1.54) is 12.8 Å². The number of hydrogen-bond acceptors (Lipinski definition) is 4. The van der Waals surface area contributed by atoms with Crippen molar-refractivity contribution in [1.29, 1.82) is 0 Å². The van der Waals surface area contributed by atoms with E-state index in [1.54, 1.807) is 6.20 Å². The number of nitrogens with one attached hydrogen (secondary N) is 1. The Morgan fingerprint density at radius 2 is 1.87 bits per heavy atom. The number of carbonyl (C=O) groups excluding carboxylic acids is 1. The number of amides is 1. The molecule has 1 amide bonds. The Labute approximate surface area is 181 Å². The lowest BCUT2D eigenvalue weighted by atomic mass is 10.1. The van der Waals surface area contributed by atoms with Gasteiger partial charge in [0.05, 0.1) is 11.0 Å². The minimum Gasteiger partial charge on any atom is -0.474 e. The lowest BCUT2D eigenvalue weighted by Crippen LogP contribution is -2.41. The van der Waals surface area contributed by atoms with Gasteiger partial charge in [-0.2, -0.15) is 0 Å². The topological polar surface area (TPSA) is 80.2 Å². The number of aryl methyl sites for hydroxylation is 1. The van der Waals surface area contributed by atoms with Gasteiger partial charge >= 0.3 is 5.69 Å². The molecule has 3 heterocycles. The van der Waals surface area contributed by atoms with Crippen LogP contribution in [0.1, 0.15) is 60.5 Å². The number of fused-ring (bicyclic) bond motifs is 1. The Hall–Kier alpha value is -3.09. The number of benzene rings is 1. The predicted octanol–water partition coefficient (Wildman–Crippen LogP) is 3.83. The fourth-order valence-electron chi connectivity index (χ4n) is 4.89. The number of piperidine rings is 1. The van der Waals surface area contributed by atoms with Gasteiger partial charge in [0.25, 0.3) is 5.91 Å². The molecular formula is C24H28N4O3. The van der Waals surface area contributed by atoms with Gasteiger partial charge in [0.1, 0.15) is 6.10 Å². The van der Waals surface area contributed by atoms with Gasteiger partial charge in [0.15, 0.2) is 0 Å². The SMILES string of the molecule is Cc1ccnc(OC2CCN(C(=O)c3ccc4c(c3)[nH]c(=O)n4C3CCCC3)CC2)c1. The molecule has 0 bridgehead atoms.